The van der Waals surface area contributed by atoms with E-state index in [9.17, 15) is 4.79 Å². The number of carbonyl (C=O) groups is 1. The van der Waals surface area contributed by atoms with Gasteiger partial charge in [0, 0.05) is 21.3 Å². The lowest BCUT2D eigenvalue weighted by atomic mass is 9.81. The van der Waals surface area contributed by atoms with Gasteiger partial charge in [0.25, 0.3) is 0 Å². The average molecular weight is 539 g/mol. The number of nitrogens with zero attached hydrogens (tertiary/aromatic N) is 2. The summed E-state index contributed by atoms with van der Waals surface area (Å²) in [6, 6.07) is 8.91. The Morgan fingerprint density at radius 3 is 2.50 bits per heavy atom. The fourth-order valence-electron chi connectivity index (χ4n) is 4.72. The predicted molar refractivity (Wildman–Crippen MR) is 128 cm³/mol. The van der Waals surface area contributed by atoms with Gasteiger partial charge in [-0.05, 0) is 86.0 Å². The van der Waals surface area contributed by atoms with E-state index < -0.39 is 0 Å². The molecule has 4 rings (SSSR count). The Balaban J connectivity index is 0.00000140. The minimum Gasteiger partial charge on any atom is -0.369 e. The van der Waals surface area contributed by atoms with Gasteiger partial charge >= 0.3 is 6.03 Å². The van der Waals surface area contributed by atoms with Crippen LogP contribution in [0.1, 0.15) is 51.9 Å². The highest BCUT2D eigenvalue weighted by molar-refractivity contribution is 14.1. The van der Waals surface area contributed by atoms with Gasteiger partial charge in [0.1, 0.15) is 11.4 Å². The molecule has 1 saturated carbocycles. The summed E-state index contributed by atoms with van der Waals surface area (Å²) in [6.45, 7) is 3.11. The van der Waals surface area contributed by atoms with E-state index in [0.29, 0.717) is 12.1 Å². The molecule has 8 heteroatoms. The SMILES string of the molecule is CC1CC2(CCN1)C(NC1CCCCC1)=NC(=O)N2c1ccc(I)cc1.Cl.Cl. The maximum atomic E-state index is 13.0. The molecule has 3 aliphatic rings. The van der Waals surface area contributed by atoms with Gasteiger partial charge in [-0.2, -0.15) is 4.99 Å². The Morgan fingerprint density at radius 2 is 1.86 bits per heavy atom. The number of rotatable bonds is 2. The second-order valence-corrected chi connectivity index (χ2v) is 9.12. The summed E-state index contributed by atoms with van der Waals surface area (Å²) >= 11 is 2.30. The number of anilines is 1. The first-order valence-electron chi connectivity index (χ1n) is 9.77. The molecule has 1 spiro atoms. The van der Waals surface area contributed by atoms with Crippen LogP contribution in [0, 0.1) is 3.57 Å². The lowest BCUT2D eigenvalue weighted by Gasteiger charge is -2.45. The van der Waals surface area contributed by atoms with Crippen LogP contribution in [0.3, 0.4) is 0 Å². The molecule has 28 heavy (non-hydrogen) atoms. The zero-order valence-corrected chi connectivity index (χ0v) is 19.9. The standard InChI is InChI=1S/C20H27IN4O.2ClH/c1-14-13-20(11-12-22-14)18(23-16-5-3-2-4-6-16)24-19(26)25(20)17-9-7-15(21)8-10-17;;/h7-10,14,16,22H,2-6,11-13H2,1H3,(H,23,24,26);2*1H. The molecule has 1 aromatic carbocycles. The number of piperidine rings is 1. The third-order valence-electron chi connectivity index (χ3n) is 5.97. The molecular formula is C20H29Cl2IN4O. The van der Waals surface area contributed by atoms with E-state index in [1.54, 1.807) is 0 Å². The third-order valence-corrected chi connectivity index (χ3v) is 6.69. The van der Waals surface area contributed by atoms with E-state index >= 15 is 0 Å². The lowest BCUT2D eigenvalue weighted by molar-refractivity contribution is 0.247. The molecule has 1 aliphatic carbocycles. The van der Waals surface area contributed by atoms with Crippen molar-refractivity contribution in [2.45, 2.75) is 69.5 Å². The fourth-order valence-corrected chi connectivity index (χ4v) is 5.08. The van der Waals surface area contributed by atoms with Gasteiger partial charge < -0.3 is 10.6 Å². The monoisotopic (exact) mass is 538 g/mol. The summed E-state index contributed by atoms with van der Waals surface area (Å²) < 4.78 is 1.17. The zero-order chi connectivity index (χ0) is 18.1. The van der Waals surface area contributed by atoms with Gasteiger partial charge in [0.2, 0.25) is 0 Å². The number of amides is 2. The van der Waals surface area contributed by atoms with E-state index in [-0.39, 0.29) is 36.4 Å². The Morgan fingerprint density at radius 1 is 1.18 bits per heavy atom. The minimum atomic E-state index is -0.341. The van der Waals surface area contributed by atoms with Gasteiger partial charge in [0.05, 0.1) is 0 Å². The van der Waals surface area contributed by atoms with Crippen molar-refractivity contribution in [2.24, 2.45) is 4.99 Å². The molecule has 0 bridgehead atoms. The third kappa shape index (κ3) is 4.60. The van der Waals surface area contributed by atoms with E-state index in [2.05, 4.69) is 57.3 Å². The highest BCUT2D eigenvalue weighted by Gasteiger charge is 2.52. The number of benzene rings is 1. The second kappa shape index (κ2) is 9.96. The van der Waals surface area contributed by atoms with Crippen molar-refractivity contribution in [1.82, 2.24) is 10.6 Å². The number of urea groups is 1. The zero-order valence-electron chi connectivity index (χ0n) is 16.1. The summed E-state index contributed by atoms with van der Waals surface area (Å²) in [7, 11) is 0. The molecule has 0 aromatic heterocycles. The molecule has 2 N–H and O–H groups in total. The molecule has 2 atom stereocenters. The summed E-state index contributed by atoms with van der Waals surface area (Å²) in [5, 5.41) is 7.23. The van der Waals surface area contributed by atoms with E-state index in [1.807, 2.05) is 17.0 Å². The number of aliphatic imine (C=N–C) groups is 1. The Bertz CT molecular complexity index is 709. The molecule has 1 aromatic rings. The molecule has 2 amide bonds. The molecule has 5 nitrogen and oxygen atoms in total. The summed E-state index contributed by atoms with van der Waals surface area (Å²) in [4.78, 5) is 19.5. The van der Waals surface area contributed by atoms with Crippen LogP contribution in [0.4, 0.5) is 10.5 Å². The van der Waals surface area contributed by atoms with Crippen molar-refractivity contribution in [2.75, 3.05) is 11.4 Å². The van der Waals surface area contributed by atoms with Gasteiger partial charge in [-0.15, -0.1) is 24.8 Å². The number of hydrogen-bond donors (Lipinski definition) is 2. The molecule has 1 saturated heterocycles. The van der Waals surface area contributed by atoms with Crippen molar-refractivity contribution < 1.29 is 4.79 Å². The molecule has 2 unspecified atom stereocenters. The molecule has 2 fully saturated rings. The van der Waals surface area contributed by atoms with E-state index in [1.165, 1.54) is 35.7 Å². The molecule has 156 valence electrons. The first-order valence-corrected chi connectivity index (χ1v) is 10.9. The lowest BCUT2D eigenvalue weighted by Crippen LogP contribution is -2.63. The second-order valence-electron chi connectivity index (χ2n) is 7.87. The Kier molecular flexibility index (Phi) is 8.43. The first-order chi connectivity index (χ1) is 12.6. The Labute approximate surface area is 193 Å². The smallest absolute Gasteiger partial charge is 0.350 e. The molecule has 2 aliphatic heterocycles. The molecule has 2 heterocycles. The van der Waals surface area contributed by atoms with Crippen molar-refractivity contribution in [1.29, 1.82) is 0 Å². The fraction of sp³-hybridized carbons (Fsp3) is 0.600. The first kappa shape index (κ1) is 23.7. The number of amidine groups is 1. The number of carbonyl (C=O) groups excluding carboxylic acids is 1. The van der Waals surface area contributed by atoms with Crippen LogP contribution in [0.15, 0.2) is 29.3 Å². The maximum Gasteiger partial charge on any atom is 0.350 e. The summed E-state index contributed by atoms with van der Waals surface area (Å²) in [5.74, 6) is 0.904. The maximum absolute atomic E-state index is 13.0. The highest BCUT2D eigenvalue weighted by atomic mass is 127. The van der Waals surface area contributed by atoms with Crippen LogP contribution in [-0.2, 0) is 0 Å². The number of nitrogens with one attached hydrogen (secondary N) is 2. The van der Waals surface area contributed by atoms with Crippen LogP contribution in [0.5, 0.6) is 0 Å². The van der Waals surface area contributed by atoms with Crippen molar-refractivity contribution >= 4 is 65.0 Å². The summed E-state index contributed by atoms with van der Waals surface area (Å²) in [5.41, 5.74) is 0.611. The van der Waals surface area contributed by atoms with Crippen LogP contribution >= 0.6 is 47.4 Å². The highest BCUT2D eigenvalue weighted by Crippen LogP contribution is 2.39. The minimum absolute atomic E-state index is 0. The summed E-state index contributed by atoms with van der Waals surface area (Å²) in [6.07, 6.45) is 8.01. The average Bonchev–Trinajstić information content (AvgIpc) is 2.87. The molecular weight excluding hydrogens is 510 g/mol. The quantitative estimate of drug-likeness (QED) is 0.526. The normalized spacial score (nSPS) is 27.8. The van der Waals surface area contributed by atoms with Gasteiger partial charge in [0.15, 0.2) is 0 Å². The Hall–Kier alpha value is -0.570. The largest absolute Gasteiger partial charge is 0.369 e. The van der Waals surface area contributed by atoms with Crippen LogP contribution < -0.4 is 15.5 Å². The van der Waals surface area contributed by atoms with Gasteiger partial charge in [-0.25, -0.2) is 4.79 Å². The van der Waals surface area contributed by atoms with Crippen LogP contribution in [0.2, 0.25) is 0 Å². The molecule has 0 radical (unpaired) electrons. The predicted octanol–water partition coefficient (Wildman–Crippen LogP) is 4.91. The van der Waals surface area contributed by atoms with Crippen LogP contribution in [0.25, 0.3) is 0 Å². The van der Waals surface area contributed by atoms with E-state index in [4.69, 9.17) is 0 Å². The van der Waals surface area contributed by atoms with Gasteiger partial charge in [-0.3, -0.25) is 4.90 Å². The number of hydrogen-bond acceptors (Lipinski definition) is 3. The van der Waals surface area contributed by atoms with E-state index in [0.717, 1.165) is 30.9 Å². The van der Waals surface area contributed by atoms with Crippen molar-refractivity contribution in [3.8, 4) is 0 Å². The number of halogens is 3. The van der Waals surface area contributed by atoms with Crippen molar-refractivity contribution in [3.05, 3.63) is 27.8 Å². The topological polar surface area (TPSA) is 56.7 Å². The van der Waals surface area contributed by atoms with Gasteiger partial charge in [-0.1, -0.05) is 19.3 Å². The van der Waals surface area contributed by atoms with Crippen LogP contribution in [-0.4, -0.2) is 36.0 Å². The van der Waals surface area contributed by atoms with Crippen molar-refractivity contribution in [3.63, 3.8) is 0 Å².